The van der Waals surface area contributed by atoms with Gasteiger partial charge in [0, 0.05) is 5.02 Å². The summed E-state index contributed by atoms with van der Waals surface area (Å²) < 4.78 is 0. The van der Waals surface area contributed by atoms with Crippen molar-refractivity contribution in [2.24, 2.45) is 5.41 Å². The smallest absolute Gasteiger partial charge is 0.0405 e. The first-order valence-corrected chi connectivity index (χ1v) is 6.89. The van der Waals surface area contributed by atoms with Crippen LogP contribution in [0.2, 0.25) is 5.02 Å². The maximum Gasteiger partial charge on any atom is 0.0405 e. The van der Waals surface area contributed by atoms with E-state index < -0.39 is 0 Å². The molecule has 0 aliphatic rings. The molecule has 0 N–H and O–H groups in total. The van der Waals surface area contributed by atoms with Crippen molar-refractivity contribution in [3.63, 3.8) is 0 Å². The summed E-state index contributed by atoms with van der Waals surface area (Å²) in [5.74, 6) is 0. The van der Waals surface area contributed by atoms with Gasteiger partial charge in [-0.05, 0) is 24.5 Å². The fourth-order valence-corrected chi connectivity index (χ4v) is 1.09. The highest BCUT2D eigenvalue weighted by Gasteiger charge is 1.95. The molecular weight excluding hydrogens is 252 g/mol. The van der Waals surface area contributed by atoms with E-state index in [4.69, 9.17) is 11.6 Å². The number of hydrogen-bond donors (Lipinski definition) is 0. The second-order valence-corrected chi connectivity index (χ2v) is 6.39. The van der Waals surface area contributed by atoms with Crippen molar-refractivity contribution < 1.29 is 0 Å². The highest BCUT2D eigenvalue weighted by atomic mass is 35.5. The van der Waals surface area contributed by atoms with E-state index in [9.17, 15) is 0 Å². The van der Waals surface area contributed by atoms with Crippen molar-refractivity contribution in [3.8, 4) is 0 Å². The summed E-state index contributed by atoms with van der Waals surface area (Å²) in [5.41, 5.74) is 1.82. The van der Waals surface area contributed by atoms with E-state index >= 15 is 0 Å². The van der Waals surface area contributed by atoms with Crippen LogP contribution in [0, 0.1) is 12.3 Å². The minimum absolute atomic E-state index is 0.500. The molecule has 0 fully saturated rings. The van der Waals surface area contributed by atoms with Gasteiger partial charge >= 0.3 is 0 Å². The maximum absolute atomic E-state index is 5.54. The Morgan fingerprint density at radius 2 is 1.00 bits per heavy atom. The molecule has 0 radical (unpaired) electrons. The molecule has 0 aromatic heterocycles. The van der Waals surface area contributed by atoms with Crippen LogP contribution in [0.1, 0.15) is 33.3 Å². The third-order valence-corrected chi connectivity index (χ3v) is 1.93. The molecule has 104 valence electrons. The molecule has 0 aliphatic heterocycles. The number of halogens is 1. The van der Waals surface area contributed by atoms with Crippen LogP contribution in [0.3, 0.4) is 0 Å². The molecule has 2 rings (SSSR count). The summed E-state index contributed by atoms with van der Waals surface area (Å²) >= 11 is 5.54. The molecular formula is C18H25Cl. The van der Waals surface area contributed by atoms with Gasteiger partial charge in [-0.15, -0.1) is 0 Å². The van der Waals surface area contributed by atoms with E-state index in [2.05, 4.69) is 46.8 Å². The van der Waals surface area contributed by atoms with Crippen LogP contribution in [0.25, 0.3) is 0 Å². The monoisotopic (exact) mass is 276 g/mol. The Balaban J connectivity index is 0.000000261. The molecule has 0 bridgehead atoms. The van der Waals surface area contributed by atoms with Gasteiger partial charge in [0.15, 0.2) is 0 Å². The Bertz CT molecular complexity index is 369. The molecule has 0 saturated heterocycles. The number of rotatable bonds is 0. The molecule has 0 nitrogen and oxygen atoms in total. The van der Waals surface area contributed by atoms with Gasteiger partial charge in [0.25, 0.3) is 0 Å². The maximum atomic E-state index is 5.54. The topological polar surface area (TPSA) is 0 Å². The van der Waals surface area contributed by atoms with Crippen molar-refractivity contribution in [2.75, 3.05) is 0 Å². The average Bonchev–Trinajstić information content (AvgIpc) is 2.29. The average molecular weight is 277 g/mol. The lowest BCUT2D eigenvalue weighted by molar-refractivity contribution is 0.469. The van der Waals surface area contributed by atoms with Crippen molar-refractivity contribution in [2.45, 2.75) is 34.6 Å². The molecule has 19 heavy (non-hydrogen) atoms. The minimum atomic E-state index is 0.500. The summed E-state index contributed by atoms with van der Waals surface area (Å²) in [4.78, 5) is 0. The number of benzene rings is 2. The van der Waals surface area contributed by atoms with Gasteiger partial charge in [-0.1, -0.05) is 93.4 Å². The number of hydrogen-bond acceptors (Lipinski definition) is 0. The van der Waals surface area contributed by atoms with Crippen molar-refractivity contribution in [3.05, 3.63) is 71.2 Å². The molecule has 0 aliphatic carbocycles. The van der Waals surface area contributed by atoms with Crippen LogP contribution < -0.4 is 0 Å². The normalized spacial score (nSPS) is 9.58. The predicted molar refractivity (Wildman–Crippen MR) is 87.8 cm³/mol. The zero-order chi connectivity index (χ0) is 14.7. The lowest BCUT2D eigenvalue weighted by Crippen LogP contribution is -1.93. The van der Waals surface area contributed by atoms with E-state index in [0.717, 1.165) is 5.02 Å². The molecule has 0 amide bonds. The zero-order valence-corrected chi connectivity index (χ0v) is 13.4. The van der Waals surface area contributed by atoms with Gasteiger partial charge < -0.3 is 0 Å². The lowest BCUT2D eigenvalue weighted by atomic mass is 10.0. The highest BCUT2D eigenvalue weighted by molar-refractivity contribution is 6.30. The quantitative estimate of drug-likeness (QED) is 0.523. The van der Waals surface area contributed by atoms with Crippen molar-refractivity contribution in [1.29, 1.82) is 0 Å². The summed E-state index contributed by atoms with van der Waals surface area (Å²) in [6.07, 6.45) is 0. The third-order valence-electron chi connectivity index (χ3n) is 1.67. The first kappa shape index (κ1) is 17.7. The molecule has 0 heterocycles. The number of aryl methyl sites for hydroxylation is 1. The van der Waals surface area contributed by atoms with Gasteiger partial charge in [0.1, 0.15) is 0 Å². The molecule has 0 unspecified atom stereocenters. The van der Waals surface area contributed by atoms with E-state index in [0.29, 0.717) is 5.41 Å². The first-order chi connectivity index (χ1) is 8.79. The Hall–Kier alpha value is -1.27. The zero-order valence-electron chi connectivity index (χ0n) is 12.7. The summed E-state index contributed by atoms with van der Waals surface area (Å²) in [5, 5.41) is 0.794. The second-order valence-electron chi connectivity index (χ2n) is 5.95. The lowest BCUT2D eigenvalue weighted by Gasteiger charge is -2.05. The van der Waals surface area contributed by atoms with Crippen LogP contribution in [0.4, 0.5) is 0 Å². The van der Waals surface area contributed by atoms with Crippen LogP contribution in [0.15, 0.2) is 60.7 Å². The van der Waals surface area contributed by atoms with Gasteiger partial charge in [0.2, 0.25) is 0 Å². The Morgan fingerprint density at radius 3 is 1.16 bits per heavy atom. The molecule has 0 spiro atoms. The fraction of sp³-hybridized carbons (Fsp3) is 0.333. The van der Waals surface area contributed by atoms with Crippen molar-refractivity contribution in [1.82, 2.24) is 0 Å². The van der Waals surface area contributed by atoms with E-state index in [1.165, 1.54) is 5.56 Å². The fourth-order valence-electron chi connectivity index (χ4n) is 0.949. The van der Waals surface area contributed by atoms with Crippen LogP contribution in [0.5, 0.6) is 0 Å². The minimum Gasteiger partial charge on any atom is -0.0843 e. The summed E-state index contributed by atoms with van der Waals surface area (Å²) in [6.45, 7) is 10.8. The summed E-state index contributed by atoms with van der Waals surface area (Å²) in [7, 11) is 0. The molecule has 0 saturated carbocycles. The van der Waals surface area contributed by atoms with E-state index in [1.807, 2.05) is 48.5 Å². The van der Waals surface area contributed by atoms with Gasteiger partial charge in [-0.25, -0.2) is 0 Å². The largest absolute Gasteiger partial charge is 0.0843 e. The molecule has 1 heteroatoms. The Kier molecular flexibility index (Phi) is 8.99. The van der Waals surface area contributed by atoms with E-state index in [-0.39, 0.29) is 0 Å². The predicted octanol–water partition coefficient (Wildman–Crippen LogP) is 6.39. The van der Waals surface area contributed by atoms with E-state index in [1.54, 1.807) is 0 Å². The first-order valence-electron chi connectivity index (χ1n) is 6.51. The van der Waals surface area contributed by atoms with Crippen LogP contribution >= 0.6 is 11.6 Å². The standard InChI is InChI=1S/C7H8.C6H5Cl.C5H12/c1-7-5-3-2-4-6-7;7-6-4-2-1-3-5-6;1-5(2,3)4/h2-6H,1H3;1-5H;1-4H3. The molecule has 0 atom stereocenters. The Morgan fingerprint density at radius 1 is 0.684 bits per heavy atom. The van der Waals surface area contributed by atoms with Crippen LogP contribution in [-0.2, 0) is 0 Å². The Labute approximate surface area is 123 Å². The van der Waals surface area contributed by atoms with Gasteiger partial charge in [-0.3, -0.25) is 0 Å². The van der Waals surface area contributed by atoms with Gasteiger partial charge in [0.05, 0.1) is 0 Å². The highest BCUT2D eigenvalue weighted by Crippen LogP contribution is 2.08. The van der Waals surface area contributed by atoms with Crippen molar-refractivity contribution >= 4 is 11.6 Å². The summed E-state index contributed by atoms with van der Waals surface area (Å²) in [6, 6.07) is 19.7. The van der Waals surface area contributed by atoms with Gasteiger partial charge in [-0.2, -0.15) is 0 Å². The third kappa shape index (κ3) is 16.7. The second kappa shape index (κ2) is 9.63. The SMILES string of the molecule is CC(C)(C)C.Cc1ccccc1.Clc1ccccc1. The molecule has 2 aromatic rings. The van der Waals surface area contributed by atoms with Crippen LogP contribution in [-0.4, -0.2) is 0 Å². The molecule has 2 aromatic carbocycles.